The monoisotopic (exact) mass is 495 g/mol. The van der Waals surface area contributed by atoms with Crippen molar-refractivity contribution in [3.63, 3.8) is 0 Å². The van der Waals surface area contributed by atoms with Gasteiger partial charge in [0.15, 0.2) is 0 Å². The standard InChI is InChI=1S/C37H37N/c1-25(2)23-35(32-12-8-7-11-28(32)5)36-24-29(6)37(34-14-10-9-13-33(34)36)38(30-19-15-26(3)16-20-30)31-21-17-27(4)18-22-31/h7-23,29H,5,24H2,1-4,6H3/b35-32+. The Morgan fingerprint density at radius 1 is 0.737 bits per heavy atom. The molecular formula is C37H37N. The fraction of sp³-hybridized carbons (Fsp3) is 0.189. The van der Waals surface area contributed by atoms with Crippen molar-refractivity contribution in [3.8, 4) is 0 Å². The molecule has 1 aliphatic carbocycles. The first-order chi connectivity index (χ1) is 18.3. The van der Waals surface area contributed by atoms with Crippen molar-refractivity contribution >= 4 is 34.8 Å². The van der Waals surface area contributed by atoms with Crippen LogP contribution in [0.1, 0.15) is 38.3 Å². The Hall–Kier alpha value is -4.10. The molecule has 1 heteroatoms. The summed E-state index contributed by atoms with van der Waals surface area (Å²) in [4.78, 5) is 2.47. The zero-order chi connectivity index (χ0) is 26.8. The van der Waals surface area contributed by atoms with Gasteiger partial charge in [-0.2, -0.15) is 0 Å². The number of fused-ring (bicyclic) bond motifs is 1. The van der Waals surface area contributed by atoms with Gasteiger partial charge >= 0.3 is 0 Å². The summed E-state index contributed by atoms with van der Waals surface area (Å²) in [6, 6.07) is 35.3. The van der Waals surface area contributed by atoms with E-state index in [1.807, 2.05) is 0 Å². The van der Waals surface area contributed by atoms with Gasteiger partial charge in [-0.1, -0.05) is 109 Å². The highest BCUT2D eigenvalue weighted by molar-refractivity contribution is 5.96. The average molecular weight is 496 g/mol. The summed E-state index contributed by atoms with van der Waals surface area (Å²) in [5.41, 5.74) is 10.2. The predicted molar refractivity (Wildman–Crippen MR) is 165 cm³/mol. The number of benzene rings is 4. The van der Waals surface area contributed by atoms with E-state index in [2.05, 4.69) is 149 Å². The lowest BCUT2D eigenvalue weighted by Crippen LogP contribution is -2.41. The highest BCUT2D eigenvalue weighted by Gasteiger charge is 2.26. The molecule has 0 N–H and O–H groups in total. The van der Waals surface area contributed by atoms with Gasteiger partial charge in [0, 0.05) is 28.2 Å². The minimum absolute atomic E-state index is 0.306. The van der Waals surface area contributed by atoms with Crippen LogP contribution in [-0.4, -0.2) is 0 Å². The molecule has 0 amide bonds. The maximum absolute atomic E-state index is 4.38. The molecule has 38 heavy (non-hydrogen) atoms. The molecule has 5 rings (SSSR count). The number of rotatable bonds is 5. The largest absolute Gasteiger partial charge is 0.313 e. The van der Waals surface area contributed by atoms with E-state index in [1.54, 1.807) is 0 Å². The first-order valence-electron chi connectivity index (χ1n) is 13.5. The van der Waals surface area contributed by atoms with Gasteiger partial charge in [0.05, 0.1) is 0 Å². The van der Waals surface area contributed by atoms with Crippen molar-refractivity contribution in [1.82, 2.24) is 0 Å². The Labute approximate surface area is 227 Å². The van der Waals surface area contributed by atoms with Gasteiger partial charge in [-0.25, -0.2) is 0 Å². The molecule has 0 radical (unpaired) electrons. The number of allylic oxidation sites excluding steroid dienone is 2. The van der Waals surface area contributed by atoms with Crippen LogP contribution in [0.2, 0.25) is 0 Å². The maximum atomic E-state index is 4.38. The zero-order valence-corrected chi connectivity index (χ0v) is 23.3. The van der Waals surface area contributed by atoms with E-state index >= 15 is 0 Å². The van der Waals surface area contributed by atoms with Crippen molar-refractivity contribution in [3.05, 3.63) is 141 Å². The van der Waals surface area contributed by atoms with Crippen LogP contribution in [0.15, 0.2) is 109 Å². The molecule has 190 valence electrons. The van der Waals surface area contributed by atoms with Gasteiger partial charge < -0.3 is 4.90 Å². The Bertz CT molecular complexity index is 1690. The summed E-state index contributed by atoms with van der Waals surface area (Å²) in [5.74, 6) is 0.306. The molecule has 1 atom stereocenters. The first-order valence-corrected chi connectivity index (χ1v) is 13.5. The Morgan fingerprint density at radius 3 is 1.82 bits per heavy atom. The number of hydrogen-bond acceptors (Lipinski definition) is 1. The summed E-state index contributed by atoms with van der Waals surface area (Å²) >= 11 is 0. The number of nitrogens with zero attached hydrogens (tertiary/aromatic N) is 1. The molecule has 0 aromatic heterocycles. The summed E-state index contributed by atoms with van der Waals surface area (Å²) in [7, 11) is 0. The van der Waals surface area contributed by atoms with Crippen LogP contribution in [0.4, 0.5) is 11.4 Å². The number of aryl methyl sites for hydroxylation is 2. The van der Waals surface area contributed by atoms with Crippen LogP contribution in [0.3, 0.4) is 0 Å². The molecule has 0 bridgehead atoms. The third-order valence-electron chi connectivity index (χ3n) is 7.40. The van der Waals surface area contributed by atoms with Gasteiger partial charge in [0.2, 0.25) is 0 Å². The van der Waals surface area contributed by atoms with E-state index in [0.29, 0.717) is 5.92 Å². The van der Waals surface area contributed by atoms with Crippen molar-refractivity contribution in [1.29, 1.82) is 0 Å². The van der Waals surface area contributed by atoms with Gasteiger partial charge in [-0.15, -0.1) is 0 Å². The topological polar surface area (TPSA) is 3.24 Å². The van der Waals surface area contributed by atoms with E-state index in [4.69, 9.17) is 0 Å². The minimum Gasteiger partial charge on any atom is -0.313 e. The van der Waals surface area contributed by atoms with E-state index in [0.717, 1.165) is 11.6 Å². The van der Waals surface area contributed by atoms with E-state index in [1.165, 1.54) is 60.6 Å². The summed E-state index contributed by atoms with van der Waals surface area (Å²) in [5, 5.41) is 4.88. The molecular weight excluding hydrogens is 458 g/mol. The van der Waals surface area contributed by atoms with Crippen LogP contribution < -0.4 is 25.8 Å². The summed E-state index contributed by atoms with van der Waals surface area (Å²) < 4.78 is 0. The molecule has 0 spiro atoms. The second-order valence-corrected chi connectivity index (χ2v) is 10.8. The fourth-order valence-electron chi connectivity index (χ4n) is 5.56. The summed E-state index contributed by atoms with van der Waals surface area (Å²) in [6.45, 7) is 15.4. The molecule has 4 aromatic carbocycles. The maximum Gasteiger partial charge on any atom is 0.0458 e. The van der Waals surface area contributed by atoms with Gasteiger partial charge in [-0.3, -0.25) is 0 Å². The fourth-order valence-corrected chi connectivity index (χ4v) is 5.56. The van der Waals surface area contributed by atoms with Crippen molar-refractivity contribution in [2.75, 3.05) is 4.90 Å². The van der Waals surface area contributed by atoms with Crippen molar-refractivity contribution < 1.29 is 0 Å². The van der Waals surface area contributed by atoms with E-state index < -0.39 is 0 Å². The lowest BCUT2D eigenvalue weighted by Gasteiger charge is -2.34. The molecule has 1 nitrogen and oxygen atoms in total. The van der Waals surface area contributed by atoms with Crippen LogP contribution in [0.25, 0.3) is 23.4 Å². The lowest BCUT2D eigenvalue weighted by molar-refractivity contribution is 0.744. The SMILES string of the molecule is C=c1cccc/c1=C(/C=C(C)C)C1=c2ccccc2=C(N(c2ccc(C)cc2)c2ccc(C)cc2)C(C)C1. The molecule has 0 aliphatic heterocycles. The highest BCUT2D eigenvalue weighted by atomic mass is 15.2. The second kappa shape index (κ2) is 10.7. The van der Waals surface area contributed by atoms with Crippen LogP contribution in [-0.2, 0) is 0 Å². The zero-order valence-electron chi connectivity index (χ0n) is 23.3. The average Bonchev–Trinajstić information content (AvgIpc) is 2.91. The van der Waals surface area contributed by atoms with Crippen molar-refractivity contribution in [2.45, 2.75) is 41.0 Å². The molecule has 0 saturated carbocycles. The quantitative estimate of drug-likeness (QED) is 0.299. The van der Waals surface area contributed by atoms with Crippen LogP contribution in [0, 0.1) is 19.8 Å². The third kappa shape index (κ3) is 5.02. The van der Waals surface area contributed by atoms with Crippen LogP contribution in [0.5, 0.6) is 0 Å². The Morgan fingerprint density at radius 2 is 1.26 bits per heavy atom. The Balaban J connectivity index is 1.91. The molecule has 0 heterocycles. The normalized spacial score (nSPS) is 15.6. The van der Waals surface area contributed by atoms with Gasteiger partial charge in [0.25, 0.3) is 0 Å². The van der Waals surface area contributed by atoms with Gasteiger partial charge in [0.1, 0.15) is 0 Å². The molecule has 1 unspecified atom stereocenters. The smallest absolute Gasteiger partial charge is 0.0458 e. The second-order valence-electron chi connectivity index (χ2n) is 10.8. The third-order valence-corrected chi connectivity index (χ3v) is 7.40. The number of hydrogen-bond donors (Lipinski definition) is 0. The molecule has 1 aliphatic rings. The molecule has 0 saturated heterocycles. The highest BCUT2D eigenvalue weighted by Crippen LogP contribution is 2.38. The van der Waals surface area contributed by atoms with E-state index in [9.17, 15) is 0 Å². The molecule has 0 fully saturated rings. The minimum atomic E-state index is 0.306. The van der Waals surface area contributed by atoms with E-state index in [-0.39, 0.29) is 0 Å². The first kappa shape index (κ1) is 25.5. The predicted octanol–water partition coefficient (Wildman–Crippen LogP) is 6.67. The lowest BCUT2D eigenvalue weighted by atomic mass is 9.83. The summed E-state index contributed by atoms with van der Waals surface area (Å²) in [6.07, 6.45) is 3.29. The number of anilines is 2. The van der Waals surface area contributed by atoms with Crippen LogP contribution >= 0.6 is 0 Å². The van der Waals surface area contributed by atoms with Gasteiger partial charge in [-0.05, 0) is 85.2 Å². The van der Waals surface area contributed by atoms with Crippen molar-refractivity contribution in [2.24, 2.45) is 5.92 Å². The molecule has 4 aromatic rings. The Kier molecular flexibility index (Phi) is 7.20.